The van der Waals surface area contributed by atoms with E-state index in [1.165, 1.54) is 212 Å². The molecule has 0 spiro atoms. The number of aliphatic hydroxyl groups is 2. The lowest BCUT2D eigenvalue weighted by Crippen LogP contribution is -2.45. The fourth-order valence-corrected chi connectivity index (χ4v) is 8.35. The van der Waals surface area contributed by atoms with Gasteiger partial charge in [-0.1, -0.05) is 280 Å². The van der Waals surface area contributed by atoms with Crippen molar-refractivity contribution in [1.82, 2.24) is 5.32 Å². The Balaban J connectivity index is 3.38. The topological polar surface area (TPSA) is 69.6 Å². The van der Waals surface area contributed by atoms with Crippen molar-refractivity contribution in [2.45, 2.75) is 296 Å². The van der Waals surface area contributed by atoms with Gasteiger partial charge in [-0.25, -0.2) is 0 Å². The molecular weight excluding hydrogens is 759 g/mol. The summed E-state index contributed by atoms with van der Waals surface area (Å²) in [7, 11) is 0. The Morgan fingerprint density at radius 2 is 0.710 bits per heavy atom. The van der Waals surface area contributed by atoms with Crippen LogP contribution in [-0.4, -0.2) is 34.9 Å². The molecular formula is C58H107NO3. The molecule has 0 bridgehead atoms. The van der Waals surface area contributed by atoms with Crippen LogP contribution in [0, 0.1) is 0 Å². The Morgan fingerprint density at radius 3 is 1.06 bits per heavy atom. The molecule has 0 aliphatic carbocycles. The highest BCUT2D eigenvalue weighted by Gasteiger charge is 2.18. The maximum absolute atomic E-state index is 12.4. The van der Waals surface area contributed by atoms with Gasteiger partial charge in [-0.15, -0.1) is 0 Å². The van der Waals surface area contributed by atoms with Gasteiger partial charge in [-0.3, -0.25) is 4.79 Å². The summed E-state index contributed by atoms with van der Waals surface area (Å²) in [4.78, 5) is 12.4. The van der Waals surface area contributed by atoms with Gasteiger partial charge in [0, 0.05) is 6.42 Å². The van der Waals surface area contributed by atoms with Crippen molar-refractivity contribution < 1.29 is 15.0 Å². The van der Waals surface area contributed by atoms with Crippen LogP contribution in [0.5, 0.6) is 0 Å². The van der Waals surface area contributed by atoms with Crippen molar-refractivity contribution in [3.63, 3.8) is 0 Å². The fraction of sp³-hybridized carbons (Fsp3) is 0.810. The van der Waals surface area contributed by atoms with E-state index in [0.717, 1.165) is 51.4 Å². The van der Waals surface area contributed by atoms with Gasteiger partial charge >= 0.3 is 0 Å². The first-order valence-electron chi connectivity index (χ1n) is 27.5. The monoisotopic (exact) mass is 866 g/mol. The lowest BCUT2D eigenvalue weighted by Gasteiger charge is -2.20. The smallest absolute Gasteiger partial charge is 0.220 e. The van der Waals surface area contributed by atoms with E-state index >= 15 is 0 Å². The van der Waals surface area contributed by atoms with Crippen LogP contribution in [-0.2, 0) is 4.79 Å². The van der Waals surface area contributed by atoms with Crippen molar-refractivity contribution in [2.75, 3.05) is 6.61 Å². The van der Waals surface area contributed by atoms with Crippen molar-refractivity contribution in [3.8, 4) is 0 Å². The summed E-state index contributed by atoms with van der Waals surface area (Å²) in [6.45, 7) is 4.19. The number of carbonyl (C=O) groups excluding carboxylic acids is 1. The summed E-state index contributed by atoms with van der Waals surface area (Å²) >= 11 is 0. The lowest BCUT2D eigenvalue weighted by atomic mass is 10.0. The van der Waals surface area contributed by atoms with Crippen LogP contribution < -0.4 is 5.32 Å². The average molecular weight is 866 g/mol. The number of unbranched alkanes of at least 4 members (excludes halogenated alkanes) is 35. The minimum atomic E-state index is -0.836. The zero-order chi connectivity index (χ0) is 44.9. The van der Waals surface area contributed by atoms with Crippen molar-refractivity contribution >= 4 is 5.91 Å². The number of carbonyl (C=O) groups is 1. The highest BCUT2D eigenvalue weighted by molar-refractivity contribution is 5.76. The molecule has 4 heteroatoms. The normalized spacial score (nSPS) is 13.3. The number of hydrogen-bond acceptors (Lipinski definition) is 3. The van der Waals surface area contributed by atoms with Gasteiger partial charge in [0.05, 0.1) is 18.8 Å². The number of aliphatic hydroxyl groups excluding tert-OH is 2. The molecule has 2 atom stereocenters. The van der Waals surface area contributed by atoms with Crippen LogP contribution in [0.1, 0.15) is 284 Å². The minimum absolute atomic E-state index is 0.0617. The molecule has 0 aromatic carbocycles. The second-order valence-corrected chi connectivity index (χ2v) is 18.6. The largest absolute Gasteiger partial charge is 0.394 e. The predicted octanol–water partition coefficient (Wildman–Crippen LogP) is 18.0. The predicted molar refractivity (Wildman–Crippen MR) is 276 cm³/mol. The van der Waals surface area contributed by atoms with Crippen molar-refractivity contribution in [1.29, 1.82) is 0 Å². The standard InChI is InChI=1S/C58H107NO3/c1-3-5-7-9-11-13-15-16-17-18-19-20-21-22-23-24-25-26-27-28-29-30-31-32-33-34-35-36-37-38-39-40-41-42-44-46-48-50-52-54-58(62)59-56(55-60)57(61)53-51-49-47-45-43-14-12-10-8-6-4-2/h5,7,11,13,16-17,19-20,51,53,56-57,60-61H,3-4,6,8-10,12,14-15,18,21-50,52,54-55H2,1-2H3,(H,59,62)/b7-5-,13-11-,17-16-,20-19-,53-51+. The molecule has 2 unspecified atom stereocenters. The molecule has 0 aromatic rings. The zero-order valence-electron chi connectivity index (χ0n) is 41.6. The number of nitrogens with one attached hydrogen (secondary N) is 1. The molecule has 0 saturated carbocycles. The fourth-order valence-electron chi connectivity index (χ4n) is 8.35. The van der Waals surface area contributed by atoms with E-state index in [0.29, 0.717) is 6.42 Å². The van der Waals surface area contributed by atoms with Crippen LogP contribution in [0.3, 0.4) is 0 Å². The number of allylic oxidation sites excluding steroid dienone is 9. The van der Waals surface area contributed by atoms with Gasteiger partial charge in [0.25, 0.3) is 0 Å². The number of rotatable bonds is 50. The first-order chi connectivity index (χ1) is 30.7. The average Bonchev–Trinajstić information content (AvgIpc) is 3.28. The molecule has 362 valence electrons. The molecule has 0 rings (SSSR count). The van der Waals surface area contributed by atoms with E-state index in [2.05, 4.69) is 67.8 Å². The SMILES string of the molecule is CC/C=C\C/C=C\C/C=C\C/C=C\CCCCCCCCCCCCCCCCCCCCCCCCCCCCC(=O)NC(CO)C(O)/C=C/CCCCCCCCCCC. The van der Waals surface area contributed by atoms with Crippen molar-refractivity contribution in [2.24, 2.45) is 0 Å². The minimum Gasteiger partial charge on any atom is -0.394 e. The van der Waals surface area contributed by atoms with Gasteiger partial charge in [0.1, 0.15) is 0 Å². The third kappa shape index (κ3) is 49.1. The summed E-state index contributed by atoms with van der Waals surface area (Å²) in [5, 5.41) is 23.0. The first-order valence-corrected chi connectivity index (χ1v) is 27.5. The quantitative estimate of drug-likeness (QED) is 0.0421. The summed E-state index contributed by atoms with van der Waals surface area (Å²) in [6, 6.07) is -0.619. The molecule has 0 heterocycles. The Hall–Kier alpha value is -1.91. The van der Waals surface area contributed by atoms with Crippen LogP contribution in [0.25, 0.3) is 0 Å². The summed E-state index contributed by atoms with van der Waals surface area (Å²) in [5.41, 5.74) is 0. The van der Waals surface area contributed by atoms with Gasteiger partial charge in [-0.05, 0) is 57.8 Å². The molecule has 0 radical (unpaired) electrons. The van der Waals surface area contributed by atoms with Crippen LogP contribution in [0.15, 0.2) is 60.8 Å². The zero-order valence-corrected chi connectivity index (χ0v) is 41.6. The Bertz CT molecular complexity index is 1030. The number of hydrogen-bond donors (Lipinski definition) is 3. The highest BCUT2D eigenvalue weighted by atomic mass is 16.3. The molecule has 0 aliphatic rings. The van der Waals surface area contributed by atoms with Gasteiger partial charge in [0.2, 0.25) is 5.91 Å². The Kier molecular flexibility index (Phi) is 51.8. The van der Waals surface area contributed by atoms with Gasteiger partial charge in [-0.2, -0.15) is 0 Å². The number of amides is 1. The third-order valence-corrected chi connectivity index (χ3v) is 12.5. The van der Waals surface area contributed by atoms with Gasteiger partial charge in [0.15, 0.2) is 0 Å². The summed E-state index contributed by atoms with van der Waals surface area (Å²) in [5.74, 6) is -0.0617. The molecule has 62 heavy (non-hydrogen) atoms. The molecule has 0 saturated heterocycles. The molecule has 0 fully saturated rings. The molecule has 4 nitrogen and oxygen atoms in total. The van der Waals surface area contributed by atoms with Crippen LogP contribution >= 0.6 is 0 Å². The van der Waals surface area contributed by atoms with E-state index in [4.69, 9.17) is 0 Å². The lowest BCUT2D eigenvalue weighted by molar-refractivity contribution is -0.123. The first kappa shape index (κ1) is 60.1. The molecule has 0 aromatic heterocycles. The Labute approximate surface area is 387 Å². The maximum atomic E-state index is 12.4. The maximum Gasteiger partial charge on any atom is 0.220 e. The van der Waals surface area contributed by atoms with Crippen molar-refractivity contribution in [3.05, 3.63) is 60.8 Å². The molecule has 3 N–H and O–H groups in total. The van der Waals surface area contributed by atoms with E-state index in [1.807, 2.05) is 6.08 Å². The van der Waals surface area contributed by atoms with E-state index in [1.54, 1.807) is 6.08 Å². The molecule has 1 amide bonds. The second kappa shape index (κ2) is 53.4. The van der Waals surface area contributed by atoms with E-state index in [9.17, 15) is 15.0 Å². The van der Waals surface area contributed by atoms with Crippen LogP contribution in [0.2, 0.25) is 0 Å². The van der Waals surface area contributed by atoms with E-state index < -0.39 is 12.1 Å². The van der Waals surface area contributed by atoms with Gasteiger partial charge < -0.3 is 15.5 Å². The third-order valence-electron chi connectivity index (χ3n) is 12.5. The van der Waals surface area contributed by atoms with Crippen LogP contribution in [0.4, 0.5) is 0 Å². The summed E-state index contributed by atoms with van der Waals surface area (Å²) < 4.78 is 0. The highest BCUT2D eigenvalue weighted by Crippen LogP contribution is 2.17. The van der Waals surface area contributed by atoms with E-state index in [-0.39, 0.29) is 12.5 Å². The second-order valence-electron chi connectivity index (χ2n) is 18.6. The molecule has 0 aliphatic heterocycles. The Morgan fingerprint density at radius 1 is 0.403 bits per heavy atom. The summed E-state index contributed by atoms with van der Waals surface area (Å²) in [6.07, 6.45) is 75.4.